The molecule has 0 bridgehead atoms. The number of nitrogens with zero attached hydrogens (tertiary/aromatic N) is 2. The highest BCUT2D eigenvalue weighted by atomic mass is 35.5. The Labute approximate surface area is 222 Å². The third kappa shape index (κ3) is 9.80. The summed E-state index contributed by atoms with van der Waals surface area (Å²) >= 11 is 0. The van der Waals surface area contributed by atoms with E-state index in [2.05, 4.69) is 24.0 Å². The van der Waals surface area contributed by atoms with Gasteiger partial charge in [0.25, 0.3) is 0 Å². The molecule has 0 aromatic heterocycles. The van der Waals surface area contributed by atoms with Crippen LogP contribution in [0.4, 0.5) is 0 Å². The molecule has 2 N–H and O–H groups in total. The smallest absolute Gasteiger partial charge is 0.147 e. The molecule has 0 saturated carbocycles. The van der Waals surface area contributed by atoms with Crippen molar-refractivity contribution in [3.05, 3.63) is 102 Å². The van der Waals surface area contributed by atoms with Gasteiger partial charge in [-0.05, 0) is 49.1 Å². The lowest BCUT2D eigenvalue weighted by molar-refractivity contribution is -0.0263. The minimum Gasteiger partial charge on any atom is -0.406 e. The van der Waals surface area contributed by atoms with Gasteiger partial charge in [0.05, 0.1) is 12.2 Å². The van der Waals surface area contributed by atoms with Crippen molar-refractivity contribution in [3.63, 3.8) is 0 Å². The van der Waals surface area contributed by atoms with Crippen LogP contribution >= 0.6 is 24.8 Å². The third-order valence-electron chi connectivity index (χ3n) is 5.97. The van der Waals surface area contributed by atoms with Gasteiger partial charge in [-0.15, -0.1) is 29.9 Å². The Bertz CT molecular complexity index is 898. The minimum absolute atomic E-state index is 0. The fourth-order valence-corrected chi connectivity index (χ4v) is 3.84. The van der Waals surface area contributed by atoms with Gasteiger partial charge in [-0.2, -0.15) is 0 Å². The quantitative estimate of drug-likeness (QED) is 0.310. The van der Waals surface area contributed by atoms with Crippen LogP contribution in [0.2, 0.25) is 0 Å². The summed E-state index contributed by atoms with van der Waals surface area (Å²) in [5.74, 6) is 0.812. The summed E-state index contributed by atoms with van der Waals surface area (Å²) in [6.07, 6.45) is -0.457. The predicted octanol–water partition coefficient (Wildman–Crippen LogP) is 5.48. The molecule has 5 nitrogen and oxygen atoms in total. The van der Waals surface area contributed by atoms with Gasteiger partial charge in [0.15, 0.2) is 0 Å². The van der Waals surface area contributed by atoms with Crippen LogP contribution in [0.3, 0.4) is 0 Å². The number of benzene rings is 3. The lowest BCUT2D eigenvalue weighted by atomic mass is 10.0. The molecular formula is C28H38Cl2N2O3. The molecule has 0 unspecified atom stereocenters. The van der Waals surface area contributed by atoms with Crippen molar-refractivity contribution in [3.8, 4) is 5.75 Å². The number of halogens is 2. The molecule has 192 valence electrons. The summed E-state index contributed by atoms with van der Waals surface area (Å²) in [4.78, 5) is 7.90. The van der Waals surface area contributed by atoms with Gasteiger partial charge in [-0.3, -0.25) is 4.90 Å². The largest absolute Gasteiger partial charge is 0.406 e. The van der Waals surface area contributed by atoms with Gasteiger partial charge >= 0.3 is 0 Å². The number of hydrogen-bond donors (Lipinski definition) is 2. The zero-order chi connectivity index (χ0) is 23.6. The Morgan fingerprint density at radius 2 is 1.20 bits per heavy atom. The Morgan fingerprint density at radius 3 is 1.63 bits per heavy atom. The molecular weight excluding hydrogens is 483 g/mol. The second kappa shape index (κ2) is 15.8. The lowest BCUT2D eigenvalue weighted by Crippen LogP contribution is -2.40. The van der Waals surface area contributed by atoms with E-state index in [1.54, 1.807) is 5.06 Å². The standard InChI is InChI=1S/C28H36N2O3.2ClH/c1-4-29(3)33-26-17-15-23(16-18-26)19-22(2)30(20-27(31)24-11-7-5-8-12-24)21-28(32)25-13-9-6-10-14-25;;/h5-18,22,27-28,31-32H,4,19-21H2,1-3H3;2*1H/t22-,27+,28+;;/m1../s1. The lowest BCUT2D eigenvalue weighted by Gasteiger charge is -2.33. The summed E-state index contributed by atoms with van der Waals surface area (Å²) in [7, 11) is 1.91. The maximum absolute atomic E-state index is 10.9. The monoisotopic (exact) mass is 520 g/mol. The molecule has 3 rings (SSSR count). The van der Waals surface area contributed by atoms with E-state index in [9.17, 15) is 10.2 Å². The highest BCUT2D eigenvalue weighted by Gasteiger charge is 2.22. The molecule has 7 heteroatoms. The van der Waals surface area contributed by atoms with E-state index >= 15 is 0 Å². The second-order valence-electron chi connectivity index (χ2n) is 8.54. The van der Waals surface area contributed by atoms with Crippen LogP contribution in [0.1, 0.15) is 42.7 Å². The fraction of sp³-hybridized carbons (Fsp3) is 0.357. The van der Waals surface area contributed by atoms with Crippen LogP contribution in [0.25, 0.3) is 0 Å². The number of rotatable bonds is 12. The van der Waals surface area contributed by atoms with Gasteiger partial charge < -0.3 is 15.1 Å². The third-order valence-corrected chi connectivity index (χ3v) is 5.97. The molecule has 0 spiro atoms. The molecule has 0 amide bonds. The van der Waals surface area contributed by atoms with Crippen LogP contribution in [0, 0.1) is 0 Å². The summed E-state index contributed by atoms with van der Waals surface area (Å²) in [5, 5.41) is 23.6. The Morgan fingerprint density at radius 1 is 0.743 bits per heavy atom. The molecule has 0 radical (unpaired) electrons. The maximum atomic E-state index is 10.9. The van der Waals surface area contributed by atoms with E-state index < -0.39 is 12.2 Å². The van der Waals surface area contributed by atoms with E-state index in [4.69, 9.17) is 4.84 Å². The topological polar surface area (TPSA) is 56.2 Å². The number of hydroxylamine groups is 2. The summed E-state index contributed by atoms with van der Waals surface area (Å²) in [6, 6.07) is 27.6. The van der Waals surface area contributed by atoms with Gasteiger partial charge in [0, 0.05) is 32.7 Å². The average Bonchev–Trinajstić information content (AvgIpc) is 2.85. The highest BCUT2D eigenvalue weighted by Crippen LogP contribution is 2.22. The van der Waals surface area contributed by atoms with Crippen molar-refractivity contribution in [1.29, 1.82) is 0 Å². The van der Waals surface area contributed by atoms with E-state index in [0.29, 0.717) is 13.1 Å². The van der Waals surface area contributed by atoms with Crippen molar-refractivity contribution < 1.29 is 15.1 Å². The summed E-state index contributed by atoms with van der Waals surface area (Å²) < 4.78 is 0. The Kier molecular flexibility index (Phi) is 13.9. The fourth-order valence-electron chi connectivity index (χ4n) is 3.84. The van der Waals surface area contributed by atoms with Gasteiger partial charge in [-0.25, -0.2) is 0 Å². The van der Waals surface area contributed by atoms with Gasteiger partial charge in [0.2, 0.25) is 0 Å². The van der Waals surface area contributed by atoms with Crippen LogP contribution in [0.5, 0.6) is 5.75 Å². The number of aliphatic hydroxyl groups is 2. The minimum atomic E-state index is -0.628. The molecule has 0 fully saturated rings. The molecule has 3 atom stereocenters. The van der Waals surface area contributed by atoms with E-state index in [1.165, 1.54) is 5.56 Å². The van der Waals surface area contributed by atoms with Gasteiger partial charge in [-0.1, -0.05) is 72.8 Å². The molecule has 3 aromatic rings. The maximum Gasteiger partial charge on any atom is 0.147 e. The zero-order valence-electron chi connectivity index (χ0n) is 20.7. The first kappa shape index (κ1) is 30.9. The van der Waals surface area contributed by atoms with Crippen LogP contribution in [0.15, 0.2) is 84.9 Å². The molecule has 0 heterocycles. The first-order chi connectivity index (χ1) is 16.0. The van der Waals surface area contributed by atoms with Crippen molar-refractivity contribution in [2.75, 3.05) is 26.7 Å². The predicted molar refractivity (Wildman–Crippen MR) is 147 cm³/mol. The average molecular weight is 522 g/mol. The van der Waals surface area contributed by atoms with E-state index in [0.717, 1.165) is 29.8 Å². The normalized spacial score (nSPS) is 13.5. The highest BCUT2D eigenvalue weighted by molar-refractivity contribution is 5.85. The molecule has 35 heavy (non-hydrogen) atoms. The van der Waals surface area contributed by atoms with Crippen LogP contribution in [-0.2, 0) is 6.42 Å². The Hall–Kier alpha value is -2.12. The summed E-state index contributed by atoms with van der Waals surface area (Å²) in [5.41, 5.74) is 2.94. The number of aliphatic hydroxyl groups excluding tert-OH is 2. The van der Waals surface area contributed by atoms with Crippen molar-refractivity contribution in [1.82, 2.24) is 9.96 Å². The SMILES string of the molecule is CCN(C)Oc1ccc(C[C@@H](C)N(C[C@H](O)c2ccccc2)C[C@H](O)c2ccccc2)cc1.Cl.Cl. The first-order valence-corrected chi connectivity index (χ1v) is 11.6. The number of hydrogen-bond acceptors (Lipinski definition) is 5. The van der Waals surface area contributed by atoms with E-state index in [1.807, 2.05) is 86.8 Å². The van der Waals surface area contributed by atoms with Crippen LogP contribution < -0.4 is 4.84 Å². The van der Waals surface area contributed by atoms with Crippen LogP contribution in [-0.4, -0.2) is 52.9 Å². The Balaban J connectivity index is 0.00000306. The first-order valence-electron chi connectivity index (χ1n) is 11.6. The van der Waals surface area contributed by atoms with Crippen molar-refractivity contribution in [2.24, 2.45) is 0 Å². The molecule has 0 aliphatic rings. The van der Waals surface area contributed by atoms with Crippen molar-refractivity contribution >= 4 is 24.8 Å². The van der Waals surface area contributed by atoms with Gasteiger partial charge in [0.1, 0.15) is 5.75 Å². The molecule has 0 aliphatic heterocycles. The van der Waals surface area contributed by atoms with Crippen molar-refractivity contribution in [2.45, 2.75) is 38.5 Å². The second-order valence-corrected chi connectivity index (χ2v) is 8.54. The summed E-state index contributed by atoms with van der Waals surface area (Å²) in [6.45, 7) is 5.87. The molecule has 3 aromatic carbocycles. The zero-order valence-corrected chi connectivity index (χ0v) is 22.3. The molecule has 0 saturated heterocycles. The van der Waals surface area contributed by atoms with E-state index in [-0.39, 0.29) is 30.9 Å². The molecule has 0 aliphatic carbocycles.